The van der Waals surface area contributed by atoms with E-state index in [1.807, 2.05) is 56.3 Å². The van der Waals surface area contributed by atoms with Gasteiger partial charge >= 0.3 is 0 Å². The Labute approximate surface area is 108 Å². The van der Waals surface area contributed by atoms with E-state index in [1.54, 1.807) is 0 Å². The van der Waals surface area contributed by atoms with Gasteiger partial charge in [-0.3, -0.25) is 4.98 Å². The largest absolute Gasteiger partial charge is 0.491 e. The number of hydrogen-bond donors (Lipinski definition) is 1. The zero-order chi connectivity index (χ0) is 13.0. The van der Waals surface area contributed by atoms with E-state index in [-0.39, 0.29) is 6.04 Å². The van der Waals surface area contributed by atoms with Gasteiger partial charge in [-0.1, -0.05) is 30.3 Å². The van der Waals surface area contributed by atoms with E-state index in [9.17, 15) is 0 Å². The molecule has 1 atom stereocenters. The molecule has 0 fully saturated rings. The first-order chi connectivity index (χ1) is 8.65. The second kappa shape index (κ2) is 5.65. The summed E-state index contributed by atoms with van der Waals surface area (Å²) in [7, 11) is 0. The predicted molar refractivity (Wildman–Crippen MR) is 72.6 cm³/mol. The van der Waals surface area contributed by atoms with Crippen molar-refractivity contribution in [2.24, 2.45) is 5.73 Å². The fourth-order valence-electron chi connectivity index (χ4n) is 1.86. The van der Waals surface area contributed by atoms with Gasteiger partial charge in [0, 0.05) is 23.5 Å². The minimum Gasteiger partial charge on any atom is -0.491 e. The number of nitrogens with two attached hydrogens (primary N) is 1. The molecule has 1 aromatic carbocycles. The van der Waals surface area contributed by atoms with Crippen LogP contribution in [0, 0.1) is 13.8 Å². The highest BCUT2D eigenvalue weighted by Crippen LogP contribution is 2.16. The maximum Gasteiger partial charge on any atom is 0.123 e. The van der Waals surface area contributed by atoms with Gasteiger partial charge < -0.3 is 10.5 Å². The molecule has 0 radical (unpaired) electrons. The summed E-state index contributed by atoms with van der Waals surface area (Å²) in [5.41, 5.74) is 9.08. The fraction of sp³-hybridized carbons (Fsp3) is 0.267. The molecule has 0 aliphatic rings. The minimum atomic E-state index is -0.111. The molecule has 0 aliphatic carbocycles. The second-order valence-electron chi connectivity index (χ2n) is 4.41. The van der Waals surface area contributed by atoms with Gasteiger partial charge in [0.2, 0.25) is 0 Å². The van der Waals surface area contributed by atoms with E-state index in [4.69, 9.17) is 10.5 Å². The van der Waals surface area contributed by atoms with Gasteiger partial charge in [-0.15, -0.1) is 0 Å². The first-order valence-corrected chi connectivity index (χ1v) is 6.04. The zero-order valence-corrected chi connectivity index (χ0v) is 10.8. The summed E-state index contributed by atoms with van der Waals surface area (Å²) >= 11 is 0. The van der Waals surface area contributed by atoms with Gasteiger partial charge in [-0.05, 0) is 19.4 Å². The Morgan fingerprint density at radius 3 is 2.33 bits per heavy atom. The molecule has 1 heterocycles. The van der Waals surface area contributed by atoms with Gasteiger partial charge in [-0.2, -0.15) is 0 Å². The molecule has 3 heteroatoms. The number of benzene rings is 1. The predicted octanol–water partition coefficient (Wildman–Crippen LogP) is 2.78. The van der Waals surface area contributed by atoms with Crippen LogP contribution in [0.4, 0.5) is 0 Å². The zero-order valence-electron chi connectivity index (χ0n) is 10.8. The van der Waals surface area contributed by atoms with Crippen molar-refractivity contribution in [2.45, 2.75) is 19.9 Å². The lowest BCUT2D eigenvalue weighted by atomic mass is 10.1. The normalized spacial score (nSPS) is 12.2. The maximum atomic E-state index is 6.08. The monoisotopic (exact) mass is 242 g/mol. The SMILES string of the molecule is Cc1cc(OCC(N)c2ccccc2)cc(C)n1. The molecular formula is C15H18N2O. The molecule has 2 N–H and O–H groups in total. The fourth-order valence-corrected chi connectivity index (χ4v) is 1.86. The Morgan fingerprint density at radius 2 is 1.72 bits per heavy atom. The Kier molecular flexibility index (Phi) is 3.95. The third-order valence-electron chi connectivity index (χ3n) is 2.71. The molecule has 18 heavy (non-hydrogen) atoms. The molecule has 0 saturated carbocycles. The summed E-state index contributed by atoms with van der Waals surface area (Å²) in [6.07, 6.45) is 0. The van der Waals surface area contributed by atoms with E-state index in [2.05, 4.69) is 4.98 Å². The third-order valence-corrected chi connectivity index (χ3v) is 2.71. The highest BCUT2D eigenvalue weighted by molar-refractivity contribution is 5.26. The summed E-state index contributed by atoms with van der Waals surface area (Å²) in [5, 5.41) is 0. The number of pyridine rings is 1. The van der Waals surface area contributed by atoms with Gasteiger partial charge in [0.05, 0.1) is 6.04 Å². The van der Waals surface area contributed by atoms with E-state index in [0.29, 0.717) is 6.61 Å². The number of nitrogens with zero attached hydrogens (tertiary/aromatic N) is 1. The van der Waals surface area contributed by atoms with Crippen molar-refractivity contribution in [3.05, 3.63) is 59.4 Å². The van der Waals surface area contributed by atoms with Gasteiger partial charge in [0.15, 0.2) is 0 Å². The summed E-state index contributed by atoms with van der Waals surface area (Å²) < 4.78 is 5.72. The molecule has 0 bridgehead atoms. The lowest BCUT2D eigenvalue weighted by molar-refractivity contribution is 0.290. The average Bonchev–Trinajstić information content (AvgIpc) is 2.36. The summed E-state index contributed by atoms with van der Waals surface area (Å²) in [4.78, 5) is 4.31. The van der Waals surface area contributed by atoms with Crippen LogP contribution in [0.15, 0.2) is 42.5 Å². The van der Waals surface area contributed by atoms with Crippen molar-refractivity contribution in [3.8, 4) is 5.75 Å². The van der Waals surface area contributed by atoms with Crippen molar-refractivity contribution in [1.29, 1.82) is 0 Å². The van der Waals surface area contributed by atoms with Gasteiger partial charge in [0.25, 0.3) is 0 Å². The molecule has 0 amide bonds. The molecule has 0 saturated heterocycles. The molecule has 0 aliphatic heterocycles. The van der Waals surface area contributed by atoms with Crippen molar-refractivity contribution in [1.82, 2.24) is 4.98 Å². The number of aromatic nitrogens is 1. The van der Waals surface area contributed by atoms with Crippen LogP contribution in [0.5, 0.6) is 5.75 Å². The molecule has 1 unspecified atom stereocenters. The molecule has 1 aromatic heterocycles. The quantitative estimate of drug-likeness (QED) is 0.896. The smallest absolute Gasteiger partial charge is 0.123 e. The molecule has 3 nitrogen and oxygen atoms in total. The highest BCUT2D eigenvalue weighted by atomic mass is 16.5. The minimum absolute atomic E-state index is 0.111. The van der Waals surface area contributed by atoms with E-state index >= 15 is 0 Å². The Balaban J connectivity index is 1.99. The Hall–Kier alpha value is -1.87. The van der Waals surface area contributed by atoms with Crippen LogP contribution < -0.4 is 10.5 Å². The first kappa shape index (κ1) is 12.6. The van der Waals surface area contributed by atoms with Crippen LogP contribution >= 0.6 is 0 Å². The van der Waals surface area contributed by atoms with Crippen LogP contribution in [0.3, 0.4) is 0 Å². The highest BCUT2D eigenvalue weighted by Gasteiger charge is 2.06. The Morgan fingerprint density at radius 1 is 1.11 bits per heavy atom. The average molecular weight is 242 g/mol. The molecule has 2 rings (SSSR count). The summed E-state index contributed by atoms with van der Waals surface area (Å²) in [5.74, 6) is 0.825. The van der Waals surface area contributed by atoms with Crippen molar-refractivity contribution in [2.75, 3.05) is 6.61 Å². The third kappa shape index (κ3) is 3.31. The van der Waals surface area contributed by atoms with Gasteiger partial charge in [-0.25, -0.2) is 0 Å². The van der Waals surface area contributed by atoms with Crippen molar-refractivity contribution >= 4 is 0 Å². The number of aryl methyl sites for hydroxylation is 2. The molecule has 94 valence electrons. The maximum absolute atomic E-state index is 6.08. The second-order valence-corrected chi connectivity index (χ2v) is 4.41. The van der Waals surface area contributed by atoms with Crippen LogP contribution in [-0.2, 0) is 0 Å². The van der Waals surface area contributed by atoms with Crippen LogP contribution in [0.1, 0.15) is 23.0 Å². The summed E-state index contributed by atoms with van der Waals surface area (Å²) in [6, 6.07) is 13.7. The molecule has 0 spiro atoms. The van der Waals surface area contributed by atoms with E-state index in [0.717, 1.165) is 22.7 Å². The molecular weight excluding hydrogens is 224 g/mol. The number of ether oxygens (including phenoxy) is 1. The first-order valence-electron chi connectivity index (χ1n) is 6.04. The number of rotatable bonds is 4. The lowest BCUT2D eigenvalue weighted by Crippen LogP contribution is -2.19. The van der Waals surface area contributed by atoms with E-state index in [1.165, 1.54) is 0 Å². The van der Waals surface area contributed by atoms with Crippen LogP contribution in [0.2, 0.25) is 0 Å². The standard InChI is InChI=1S/C15H18N2O/c1-11-8-14(9-12(2)17-11)18-10-15(16)13-6-4-3-5-7-13/h3-9,15H,10,16H2,1-2H3. The molecule has 2 aromatic rings. The number of hydrogen-bond acceptors (Lipinski definition) is 3. The van der Waals surface area contributed by atoms with E-state index < -0.39 is 0 Å². The van der Waals surface area contributed by atoms with Gasteiger partial charge in [0.1, 0.15) is 12.4 Å². The lowest BCUT2D eigenvalue weighted by Gasteiger charge is -2.14. The van der Waals surface area contributed by atoms with Crippen LogP contribution in [-0.4, -0.2) is 11.6 Å². The van der Waals surface area contributed by atoms with Crippen LogP contribution in [0.25, 0.3) is 0 Å². The topological polar surface area (TPSA) is 48.1 Å². The summed E-state index contributed by atoms with van der Waals surface area (Å²) in [6.45, 7) is 4.38. The van der Waals surface area contributed by atoms with Crippen molar-refractivity contribution < 1.29 is 4.74 Å². The Bertz CT molecular complexity index is 491. The van der Waals surface area contributed by atoms with Crippen molar-refractivity contribution in [3.63, 3.8) is 0 Å².